The van der Waals surface area contributed by atoms with Crippen molar-refractivity contribution in [2.24, 2.45) is 0 Å². The van der Waals surface area contributed by atoms with E-state index in [1.165, 1.54) is 27.7 Å². The summed E-state index contributed by atoms with van der Waals surface area (Å²) in [5, 5.41) is 0.696. The van der Waals surface area contributed by atoms with Gasteiger partial charge in [0.05, 0.1) is 34.7 Å². The lowest BCUT2D eigenvalue weighted by molar-refractivity contribution is -0.137. The highest BCUT2D eigenvalue weighted by Crippen LogP contribution is 2.52. The molecule has 1 amide bonds. The minimum atomic E-state index is -4.77. The monoisotopic (exact) mass is 863 g/mol. The number of rotatable bonds is 8. The Hall–Kier alpha value is -3.27. The number of carbonyl (C=O) groups is 1. The van der Waals surface area contributed by atoms with Gasteiger partial charge >= 0.3 is 18.0 Å². The van der Waals surface area contributed by atoms with E-state index in [1.807, 2.05) is 18.7 Å². The summed E-state index contributed by atoms with van der Waals surface area (Å²) in [6.45, 7) is 22.8. The van der Waals surface area contributed by atoms with Crippen LogP contribution in [0.25, 0.3) is 21.3 Å². The number of hydrogen-bond acceptors (Lipinski definition) is 9. The van der Waals surface area contributed by atoms with Gasteiger partial charge < -0.3 is 14.4 Å². The molecule has 0 aliphatic carbocycles. The van der Waals surface area contributed by atoms with E-state index in [2.05, 4.69) is 51.5 Å². The van der Waals surface area contributed by atoms with Crippen LogP contribution in [0.3, 0.4) is 0 Å². The van der Waals surface area contributed by atoms with Crippen LogP contribution in [0.2, 0.25) is 21.6 Å². The SMILES string of the molecule is CC(C)[Si](c1sc(-c2c(C(F)(F)F)cc3c(N4C[C@@H](C)N(C(=O)OC(C)(C)C)[C@@H](C)C4)nc(=O)n4c3c2SC[C@@H](Oc2ccccn2)C4)cc1Cl)(C(C)C)C(C)C. The molecule has 3 aromatic heterocycles. The minimum absolute atomic E-state index is 0.0117. The highest BCUT2D eigenvalue weighted by Gasteiger charge is 2.48. The number of nitrogens with zero attached hydrogens (tertiary/aromatic N) is 5. The van der Waals surface area contributed by atoms with Crippen molar-refractivity contribution in [3.05, 3.63) is 57.6 Å². The predicted octanol–water partition coefficient (Wildman–Crippen LogP) is 10.5. The first kappa shape index (κ1) is 43.3. The maximum absolute atomic E-state index is 15.7. The Labute approximate surface area is 347 Å². The van der Waals surface area contributed by atoms with Gasteiger partial charge in [-0.25, -0.2) is 14.6 Å². The second kappa shape index (κ2) is 16.1. The van der Waals surface area contributed by atoms with Gasteiger partial charge in [0.2, 0.25) is 5.88 Å². The van der Waals surface area contributed by atoms with Crippen molar-refractivity contribution in [2.75, 3.05) is 23.7 Å². The van der Waals surface area contributed by atoms with E-state index in [1.54, 1.807) is 56.1 Å². The van der Waals surface area contributed by atoms with Gasteiger partial charge in [-0.15, -0.1) is 23.1 Å². The van der Waals surface area contributed by atoms with E-state index in [0.717, 1.165) is 10.6 Å². The Morgan fingerprint density at radius 1 is 0.982 bits per heavy atom. The summed E-state index contributed by atoms with van der Waals surface area (Å²) in [6, 6.07) is 7.32. The fraction of sp³-hybridized carbons (Fsp3) is 0.561. The van der Waals surface area contributed by atoms with Gasteiger partial charge in [0.25, 0.3) is 0 Å². The van der Waals surface area contributed by atoms with Crippen LogP contribution in [0.15, 0.2) is 46.2 Å². The molecule has 2 aliphatic rings. The largest absolute Gasteiger partial charge is 0.472 e. The van der Waals surface area contributed by atoms with E-state index in [9.17, 15) is 9.59 Å². The molecule has 1 saturated heterocycles. The van der Waals surface area contributed by atoms with Gasteiger partial charge in [-0.1, -0.05) is 59.2 Å². The van der Waals surface area contributed by atoms with Crippen molar-refractivity contribution in [2.45, 2.75) is 134 Å². The second-order valence-electron chi connectivity index (χ2n) is 17.2. The van der Waals surface area contributed by atoms with Crippen LogP contribution >= 0.6 is 34.7 Å². The molecule has 0 unspecified atom stereocenters. The molecule has 0 spiro atoms. The molecule has 5 heterocycles. The number of hydrogen-bond donors (Lipinski definition) is 0. The zero-order valence-corrected chi connectivity index (χ0v) is 37.8. The van der Waals surface area contributed by atoms with Crippen LogP contribution < -0.4 is 19.8 Å². The normalized spacial score (nSPS) is 19.5. The first-order valence-electron chi connectivity index (χ1n) is 19.5. The number of pyridine rings is 1. The Bertz CT molecular complexity index is 2160. The van der Waals surface area contributed by atoms with Gasteiger partial charge in [0, 0.05) is 56.3 Å². The maximum Gasteiger partial charge on any atom is 0.417 e. The Kier molecular flexibility index (Phi) is 12.2. The quantitative estimate of drug-likeness (QED) is 0.162. The summed E-state index contributed by atoms with van der Waals surface area (Å²) in [7, 11) is -2.38. The molecule has 1 fully saturated rings. The summed E-state index contributed by atoms with van der Waals surface area (Å²) < 4.78 is 61.6. The molecule has 57 heavy (non-hydrogen) atoms. The molecule has 2 aliphatic heterocycles. The number of alkyl halides is 3. The van der Waals surface area contributed by atoms with Crippen molar-refractivity contribution < 1.29 is 27.4 Å². The van der Waals surface area contributed by atoms with Crippen LogP contribution in [0, 0.1) is 0 Å². The van der Waals surface area contributed by atoms with Crippen molar-refractivity contribution in [3.63, 3.8) is 0 Å². The molecule has 4 aromatic rings. The molecular formula is C41H53ClF3N5O4S2Si. The van der Waals surface area contributed by atoms with Crippen molar-refractivity contribution in [1.29, 1.82) is 0 Å². The average Bonchev–Trinajstić information content (AvgIpc) is 3.35. The smallest absolute Gasteiger partial charge is 0.417 e. The Morgan fingerprint density at radius 2 is 1.61 bits per heavy atom. The maximum atomic E-state index is 15.7. The van der Waals surface area contributed by atoms with Crippen LogP contribution in [0.5, 0.6) is 5.88 Å². The average molecular weight is 865 g/mol. The third-order valence-corrected chi connectivity index (χ3v) is 22.2. The summed E-state index contributed by atoms with van der Waals surface area (Å²) in [5.74, 6) is 0.734. The molecule has 0 bridgehead atoms. The standard InChI is InChI=1S/C41H53ClF3N5O4S2Si/c1-22(2)57(23(3)4,24(5)6)37-30(42)17-31(56-37)33-29(41(43,44)45)16-28-34-35(33)55-21-27(53-32-14-12-13-15-46-32)20-49(34)38(51)47-36(28)48-18-25(7)50(26(8)19-48)39(52)54-40(9,10)11/h12-17,22-27H,18-21H2,1-11H3/t25-,26+,27-/m0/s1. The molecule has 16 heteroatoms. The number of ether oxygens (including phenoxy) is 2. The third kappa shape index (κ3) is 8.19. The molecule has 1 aromatic carbocycles. The molecular weight excluding hydrogens is 811 g/mol. The highest BCUT2D eigenvalue weighted by molar-refractivity contribution is 7.99. The number of anilines is 1. The van der Waals surface area contributed by atoms with Crippen LogP contribution in [0.1, 0.15) is 81.7 Å². The summed E-state index contributed by atoms with van der Waals surface area (Å²) >= 11 is 9.77. The number of carbonyl (C=O) groups excluding carboxylic acids is 1. The van der Waals surface area contributed by atoms with E-state index < -0.39 is 55.4 Å². The summed E-state index contributed by atoms with van der Waals surface area (Å²) in [6.07, 6.45) is -4.27. The fourth-order valence-electron chi connectivity index (χ4n) is 9.25. The van der Waals surface area contributed by atoms with Gasteiger partial charge in [-0.3, -0.25) is 9.47 Å². The molecule has 310 valence electrons. The Balaban J connectivity index is 1.60. The van der Waals surface area contributed by atoms with E-state index in [0.29, 0.717) is 26.2 Å². The molecule has 0 N–H and O–H groups in total. The number of halogens is 4. The summed E-state index contributed by atoms with van der Waals surface area (Å²) in [4.78, 5) is 40.6. The predicted molar refractivity (Wildman–Crippen MR) is 229 cm³/mol. The number of thiophene rings is 1. The Morgan fingerprint density at radius 3 is 2.16 bits per heavy atom. The molecule has 9 nitrogen and oxygen atoms in total. The van der Waals surface area contributed by atoms with Gasteiger partial charge in [-0.2, -0.15) is 18.2 Å². The lowest BCUT2D eigenvalue weighted by atomic mass is 10.0. The van der Waals surface area contributed by atoms with Gasteiger partial charge in [0.15, 0.2) is 0 Å². The molecule has 0 radical (unpaired) electrons. The van der Waals surface area contributed by atoms with Crippen LogP contribution in [-0.4, -0.2) is 76.2 Å². The number of piperazine rings is 1. The van der Waals surface area contributed by atoms with Gasteiger partial charge in [0.1, 0.15) is 25.6 Å². The zero-order chi connectivity index (χ0) is 41.9. The van der Waals surface area contributed by atoms with Crippen molar-refractivity contribution >= 4 is 70.1 Å². The number of aromatic nitrogens is 3. The van der Waals surface area contributed by atoms with E-state index >= 15 is 13.2 Å². The second-order valence-corrected chi connectivity index (χ2v) is 25.9. The van der Waals surface area contributed by atoms with E-state index in [-0.39, 0.29) is 58.8 Å². The highest BCUT2D eigenvalue weighted by atomic mass is 35.5. The molecule has 0 saturated carbocycles. The third-order valence-electron chi connectivity index (χ3n) is 11.2. The number of amides is 1. The first-order chi connectivity index (χ1) is 26.6. The first-order valence-corrected chi connectivity index (χ1v) is 23.9. The molecule has 3 atom stereocenters. The topological polar surface area (TPSA) is 89.8 Å². The van der Waals surface area contributed by atoms with Gasteiger partial charge in [-0.05, 0) is 69.4 Å². The zero-order valence-electron chi connectivity index (χ0n) is 34.5. The van der Waals surface area contributed by atoms with Crippen LogP contribution in [-0.2, 0) is 17.5 Å². The molecule has 6 rings (SSSR count). The fourth-order valence-corrected chi connectivity index (χ4v) is 21.4. The summed E-state index contributed by atoms with van der Waals surface area (Å²) in [5.41, 5.74) is -0.926. The van der Waals surface area contributed by atoms with Crippen LogP contribution in [0.4, 0.5) is 23.8 Å². The minimum Gasteiger partial charge on any atom is -0.472 e. The number of benzene rings is 1. The lowest BCUT2D eigenvalue weighted by Crippen LogP contribution is -2.59. The van der Waals surface area contributed by atoms with E-state index in [4.69, 9.17) is 21.1 Å². The van der Waals surface area contributed by atoms with Crippen molar-refractivity contribution in [3.8, 4) is 16.3 Å². The number of thioether (sulfide) groups is 1. The lowest BCUT2D eigenvalue weighted by Gasteiger charge is -2.45. The van der Waals surface area contributed by atoms with Crippen molar-refractivity contribution in [1.82, 2.24) is 19.4 Å².